The number of nitrogens with one attached hydrogen (secondary N) is 2. The summed E-state index contributed by atoms with van der Waals surface area (Å²) < 4.78 is 2.10. The average Bonchev–Trinajstić information content (AvgIpc) is 3.11. The maximum atomic E-state index is 4.88. The van der Waals surface area contributed by atoms with Crippen molar-refractivity contribution in [3.63, 3.8) is 0 Å². The third-order valence-electron chi connectivity index (χ3n) is 5.04. The highest BCUT2D eigenvalue weighted by molar-refractivity contribution is 14.0. The molecule has 8 heteroatoms. The minimum atomic E-state index is 0. The van der Waals surface area contributed by atoms with E-state index in [1.165, 1.54) is 32.4 Å². The maximum Gasteiger partial charge on any atom is 0.191 e. The van der Waals surface area contributed by atoms with Crippen molar-refractivity contribution in [1.29, 1.82) is 0 Å². The van der Waals surface area contributed by atoms with Crippen LogP contribution in [0.4, 0.5) is 0 Å². The van der Waals surface area contributed by atoms with E-state index in [0.29, 0.717) is 0 Å². The molecule has 0 aliphatic carbocycles. The van der Waals surface area contributed by atoms with Crippen LogP contribution < -0.4 is 10.6 Å². The van der Waals surface area contributed by atoms with Crippen LogP contribution in [-0.2, 0) is 13.0 Å². The van der Waals surface area contributed by atoms with E-state index in [0.717, 1.165) is 50.8 Å². The minimum Gasteiger partial charge on any atom is -0.356 e. The first-order chi connectivity index (χ1) is 12.6. The zero-order chi connectivity index (χ0) is 18.8. The minimum absolute atomic E-state index is 0. The van der Waals surface area contributed by atoms with Gasteiger partial charge in [0.15, 0.2) is 5.96 Å². The molecule has 2 N–H and O–H groups in total. The number of halogens is 1. The molecule has 0 atom stereocenters. The summed E-state index contributed by atoms with van der Waals surface area (Å²) in [6, 6.07) is 0. The van der Waals surface area contributed by atoms with E-state index in [9.17, 15) is 0 Å². The molecule has 0 spiro atoms. The van der Waals surface area contributed by atoms with Crippen LogP contribution >= 0.6 is 24.0 Å². The zero-order valence-corrected chi connectivity index (χ0v) is 19.8. The van der Waals surface area contributed by atoms with Gasteiger partial charge in [0.1, 0.15) is 12.2 Å². The van der Waals surface area contributed by atoms with E-state index in [1.54, 1.807) is 6.33 Å². The van der Waals surface area contributed by atoms with Crippen molar-refractivity contribution in [2.75, 3.05) is 32.7 Å². The Balaban J connectivity index is 0.00000364. The Morgan fingerprint density at radius 1 is 1.15 bits per heavy atom. The molecule has 7 nitrogen and oxygen atoms in total. The van der Waals surface area contributed by atoms with Crippen LogP contribution in [0.15, 0.2) is 11.3 Å². The number of piperidine rings is 1. The quantitative estimate of drug-likeness (QED) is 0.316. The number of likely N-dealkylation sites (tertiary alicyclic amines) is 1. The second kappa shape index (κ2) is 12.5. The first-order valence-electron chi connectivity index (χ1n) is 10.2. The summed E-state index contributed by atoms with van der Waals surface area (Å²) in [7, 11) is 0. The number of aryl methyl sites for hydroxylation is 1. The molecule has 2 rings (SSSR count). The van der Waals surface area contributed by atoms with Crippen LogP contribution in [0.25, 0.3) is 0 Å². The van der Waals surface area contributed by atoms with Gasteiger partial charge in [0.05, 0.1) is 6.54 Å². The third kappa shape index (κ3) is 7.93. The monoisotopic (exact) mass is 491 g/mol. The molecule has 1 aromatic heterocycles. The van der Waals surface area contributed by atoms with Crippen molar-refractivity contribution in [1.82, 2.24) is 30.3 Å². The number of aromatic nitrogens is 3. The molecule has 156 valence electrons. The van der Waals surface area contributed by atoms with Gasteiger partial charge in [-0.2, -0.15) is 0 Å². The van der Waals surface area contributed by atoms with Gasteiger partial charge in [0.2, 0.25) is 0 Å². The summed E-state index contributed by atoms with van der Waals surface area (Å²) in [5, 5.41) is 15.0. The first-order valence-corrected chi connectivity index (χ1v) is 10.2. The maximum absolute atomic E-state index is 4.88. The van der Waals surface area contributed by atoms with Crippen molar-refractivity contribution < 1.29 is 0 Å². The molecule has 1 saturated heterocycles. The van der Waals surface area contributed by atoms with Crippen molar-refractivity contribution in [3.05, 3.63) is 12.2 Å². The summed E-state index contributed by atoms with van der Waals surface area (Å²) >= 11 is 0. The van der Waals surface area contributed by atoms with Crippen LogP contribution in [0.5, 0.6) is 0 Å². The molecule has 0 radical (unpaired) electrons. The molecule has 0 amide bonds. The smallest absolute Gasteiger partial charge is 0.191 e. The van der Waals surface area contributed by atoms with Gasteiger partial charge in [-0.3, -0.25) is 9.89 Å². The van der Waals surface area contributed by atoms with Gasteiger partial charge >= 0.3 is 0 Å². The van der Waals surface area contributed by atoms with E-state index in [4.69, 9.17) is 4.99 Å². The van der Waals surface area contributed by atoms with E-state index < -0.39 is 0 Å². The highest BCUT2D eigenvalue weighted by Crippen LogP contribution is 2.20. The van der Waals surface area contributed by atoms with E-state index in [-0.39, 0.29) is 29.5 Å². The van der Waals surface area contributed by atoms with Gasteiger partial charge in [-0.1, -0.05) is 20.3 Å². The van der Waals surface area contributed by atoms with E-state index >= 15 is 0 Å². The average molecular weight is 491 g/mol. The highest BCUT2D eigenvalue weighted by Gasteiger charge is 2.27. The molecule has 1 aromatic rings. The van der Waals surface area contributed by atoms with Crippen molar-refractivity contribution in [2.24, 2.45) is 4.99 Å². The van der Waals surface area contributed by atoms with Crippen molar-refractivity contribution in [2.45, 2.75) is 71.9 Å². The normalized spacial score (nSPS) is 16.1. The SMILES string of the molecule is CCCNC(=NCC(C)(C)N1CCCCC1)NCCn1cnnc1CC.I. The predicted octanol–water partition coefficient (Wildman–Crippen LogP) is 2.67. The lowest BCUT2D eigenvalue weighted by Gasteiger charge is -2.40. The number of rotatable bonds is 9. The number of hydrogen-bond donors (Lipinski definition) is 2. The van der Waals surface area contributed by atoms with Gasteiger partial charge in [-0.15, -0.1) is 34.2 Å². The second-order valence-corrected chi connectivity index (χ2v) is 7.67. The van der Waals surface area contributed by atoms with E-state index in [1.807, 2.05) is 0 Å². The van der Waals surface area contributed by atoms with Gasteiger partial charge in [-0.05, 0) is 46.2 Å². The van der Waals surface area contributed by atoms with Crippen LogP contribution in [-0.4, -0.2) is 63.9 Å². The molecule has 27 heavy (non-hydrogen) atoms. The van der Waals surface area contributed by atoms with Crippen molar-refractivity contribution >= 4 is 29.9 Å². The Morgan fingerprint density at radius 3 is 2.52 bits per heavy atom. The second-order valence-electron chi connectivity index (χ2n) is 7.67. The fourth-order valence-corrected chi connectivity index (χ4v) is 3.32. The zero-order valence-electron chi connectivity index (χ0n) is 17.5. The van der Waals surface area contributed by atoms with Crippen LogP contribution in [0.3, 0.4) is 0 Å². The molecule has 0 bridgehead atoms. The Morgan fingerprint density at radius 2 is 1.85 bits per heavy atom. The van der Waals surface area contributed by atoms with Crippen LogP contribution in [0.1, 0.15) is 59.2 Å². The fourth-order valence-electron chi connectivity index (χ4n) is 3.32. The molecule has 1 aliphatic heterocycles. The number of guanidine groups is 1. The summed E-state index contributed by atoms with van der Waals surface area (Å²) in [6.45, 7) is 14.7. The third-order valence-corrected chi connectivity index (χ3v) is 5.04. The van der Waals surface area contributed by atoms with Gasteiger partial charge in [0.25, 0.3) is 0 Å². The molecular weight excluding hydrogens is 453 g/mol. The summed E-state index contributed by atoms with van der Waals surface area (Å²) in [5.41, 5.74) is 0.102. The Kier molecular flexibility index (Phi) is 11.2. The fraction of sp³-hybridized carbons (Fsp3) is 0.842. The first kappa shape index (κ1) is 24.1. The van der Waals surface area contributed by atoms with Gasteiger partial charge in [-0.25, -0.2) is 0 Å². The number of nitrogens with zero attached hydrogens (tertiary/aromatic N) is 5. The lowest BCUT2D eigenvalue weighted by molar-refractivity contribution is 0.102. The van der Waals surface area contributed by atoms with Gasteiger partial charge in [0, 0.05) is 31.6 Å². The predicted molar refractivity (Wildman–Crippen MR) is 123 cm³/mol. The molecular formula is C19H38IN7. The standard InChI is InChI=1S/C19H37N7.HI/c1-5-10-20-18(21-11-14-25-16-23-24-17(25)6-2)22-15-19(3,4)26-12-8-7-9-13-26;/h16H,5-15H2,1-4H3,(H2,20,21,22);1H. The molecule has 0 aromatic carbocycles. The summed E-state index contributed by atoms with van der Waals surface area (Å²) in [6.07, 6.45) is 7.77. The van der Waals surface area contributed by atoms with Gasteiger partial charge < -0.3 is 15.2 Å². The Labute approximate surface area is 181 Å². The number of aliphatic imine (C=N–C) groups is 1. The lowest BCUT2D eigenvalue weighted by atomic mass is 9.99. The Bertz CT molecular complexity index is 550. The molecule has 0 saturated carbocycles. The summed E-state index contributed by atoms with van der Waals surface area (Å²) in [4.78, 5) is 7.47. The Hall–Kier alpha value is -0.900. The van der Waals surface area contributed by atoms with Crippen molar-refractivity contribution in [3.8, 4) is 0 Å². The summed E-state index contributed by atoms with van der Waals surface area (Å²) in [5.74, 6) is 1.93. The molecule has 0 unspecified atom stereocenters. The largest absolute Gasteiger partial charge is 0.356 e. The van der Waals surface area contributed by atoms with E-state index in [2.05, 4.69) is 58.0 Å². The van der Waals surface area contributed by atoms with Crippen LogP contribution in [0, 0.1) is 0 Å². The molecule has 1 fully saturated rings. The van der Waals surface area contributed by atoms with Crippen LogP contribution in [0.2, 0.25) is 0 Å². The lowest BCUT2D eigenvalue weighted by Crippen LogP contribution is -2.49. The molecule has 1 aliphatic rings. The molecule has 2 heterocycles. The topological polar surface area (TPSA) is 70.4 Å². The highest BCUT2D eigenvalue weighted by atomic mass is 127. The number of hydrogen-bond acceptors (Lipinski definition) is 4.